The average molecular weight is 264 g/mol. The zero-order chi connectivity index (χ0) is 14.5. The van der Waals surface area contributed by atoms with Gasteiger partial charge in [-0.2, -0.15) is 0 Å². The van der Waals surface area contributed by atoms with E-state index in [-0.39, 0.29) is 5.82 Å². The number of hydrogen-bond donors (Lipinski definition) is 2. The van der Waals surface area contributed by atoms with E-state index in [2.05, 4.69) is 10.3 Å². The predicted molar refractivity (Wildman–Crippen MR) is 70.8 cm³/mol. The van der Waals surface area contributed by atoms with Crippen LogP contribution in [-0.4, -0.2) is 27.8 Å². The van der Waals surface area contributed by atoms with Crippen molar-refractivity contribution in [3.63, 3.8) is 0 Å². The number of pyridine rings is 1. The first-order valence-corrected chi connectivity index (χ1v) is 5.64. The number of amides is 1. The summed E-state index contributed by atoms with van der Waals surface area (Å²) in [6.07, 6.45) is 3.17. The fraction of sp³-hybridized carbons (Fsp3) is 0.308. The van der Waals surface area contributed by atoms with Crippen molar-refractivity contribution in [2.45, 2.75) is 26.4 Å². The van der Waals surface area contributed by atoms with Gasteiger partial charge < -0.3 is 9.84 Å². The number of carbonyl (C=O) groups excluding carboxylic acids is 1. The second kappa shape index (κ2) is 5.99. The number of ether oxygens (including phenoxy) is 1. The minimum atomic E-state index is -1.08. The van der Waals surface area contributed by atoms with E-state index in [4.69, 9.17) is 9.84 Å². The van der Waals surface area contributed by atoms with Crippen molar-refractivity contribution in [2.24, 2.45) is 0 Å². The van der Waals surface area contributed by atoms with Crippen LogP contribution in [0.15, 0.2) is 24.4 Å². The Kier molecular flexibility index (Phi) is 4.63. The van der Waals surface area contributed by atoms with Gasteiger partial charge in [0.2, 0.25) is 0 Å². The molecule has 0 fully saturated rings. The van der Waals surface area contributed by atoms with Crippen molar-refractivity contribution in [3.05, 3.63) is 30.0 Å². The molecular weight excluding hydrogens is 248 g/mol. The topological polar surface area (TPSA) is 88.5 Å². The smallest absolute Gasteiger partial charge is 0.413 e. The molecule has 19 heavy (non-hydrogen) atoms. The second-order valence-corrected chi connectivity index (χ2v) is 4.74. The third-order valence-electron chi connectivity index (χ3n) is 1.86. The van der Waals surface area contributed by atoms with Crippen LogP contribution < -0.4 is 5.32 Å². The lowest BCUT2D eigenvalue weighted by Gasteiger charge is -2.19. The SMILES string of the molecule is CC(C)(C)OC(=O)Nc1ncccc1/C=C/C(=O)O. The lowest BCUT2D eigenvalue weighted by Crippen LogP contribution is -2.27. The highest BCUT2D eigenvalue weighted by Gasteiger charge is 2.17. The Morgan fingerprint density at radius 1 is 1.42 bits per heavy atom. The van der Waals surface area contributed by atoms with Gasteiger partial charge in [0.15, 0.2) is 0 Å². The highest BCUT2D eigenvalue weighted by Crippen LogP contribution is 2.15. The molecule has 1 heterocycles. The fourth-order valence-electron chi connectivity index (χ4n) is 1.22. The molecule has 0 aliphatic rings. The van der Waals surface area contributed by atoms with Crippen LogP contribution in [0.2, 0.25) is 0 Å². The van der Waals surface area contributed by atoms with Crippen molar-refractivity contribution in [3.8, 4) is 0 Å². The Morgan fingerprint density at radius 2 is 2.11 bits per heavy atom. The van der Waals surface area contributed by atoms with Gasteiger partial charge in [0.1, 0.15) is 11.4 Å². The largest absolute Gasteiger partial charge is 0.478 e. The molecule has 1 amide bonds. The first kappa shape index (κ1) is 14.7. The molecule has 0 radical (unpaired) electrons. The molecule has 6 heteroatoms. The third-order valence-corrected chi connectivity index (χ3v) is 1.86. The number of anilines is 1. The first-order chi connectivity index (χ1) is 8.78. The van der Waals surface area contributed by atoms with Gasteiger partial charge in [0, 0.05) is 17.8 Å². The Balaban J connectivity index is 2.84. The summed E-state index contributed by atoms with van der Waals surface area (Å²) in [5.41, 5.74) is -0.133. The van der Waals surface area contributed by atoms with E-state index in [9.17, 15) is 9.59 Å². The molecule has 0 unspecified atom stereocenters. The molecule has 1 aromatic heterocycles. The molecule has 0 bridgehead atoms. The van der Waals surface area contributed by atoms with E-state index in [0.717, 1.165) is 6.08 Å². The van der Waals surface area contributed by atoms with Crippen molar-refractivity contribution >= 4 is 24.0 Å². The van der Waals surface area contributed by atoms with Crippen LogP contribution in [0, 0.1) is 0 Å². The van der Waals surface area contributed by atoms with E-state index < -0.39 is 17.7 Å². The molecule has 6 nitrogen and oxygen atoms in total. The summed E-state index contributed by atoms with van der Waals surface area (Å²) in [5, 5.41) is 11.1. The van der Waals surface area contributed by atoms with Gasteiger partial charge in [-0.1, -0.05) is 0 Å². The second-order valence-electron chi connectivity index (χ2n) is 4.74. The van der Waals surface area contributed by atoms with Crippen LogP contribution in [0.5, 0.6) is 0 Å². The lowest BCUT2D eigenvalue weighted by molar-refractivity contribution is -0.131. The number of carboxylic acid groups (broad SMARTS) is 1. The summed E-state index contributed by atoms with van der Waals surface area (Å²) >= 11 is 0. The zero-order valence-electron chi connectivity index (χ0n) is 11.0. The van der Waals surface area contributed by atoms with Crippen molar-refractivity contribution in [2.75, 3.05) is 5.32 Å². The molecule has 0 aliphatic heterocycles. The summed E-state index contributed by atoms with van der Waals surface area (Å²) in [4.78, 5) is 26.0. The molecule has 0 aromatic carbocycles. The molecular formula is C13H16N2O4. The van der Waals surface area contributed by atoms with Crippen molar-refractivity contribution in [1.29, 1.82) is 0 Å². The highest BCUT2D eigenvalue weighted by atomic mass is 16.6. The van der Waals surface area contributed by atoms with Gasteiger partial charge in [-0.25, -0.2) is 14.6 Å². The number of aromatic nitrogens is 1. The monoisotopic (exact) mass is 264 g/mol. The van der Waals surface area contributed by atoms with Crippen LogP contribution in [-0.2, 0) is 9.53 Å². The molecule has 0 atom stereocenters. The van der Waals surface area contributed by atoms with Gasteiger partial charge in [0.05, 0.1) is 0 Å². The predicted octanol–water partition coefficient (Wildman–Crippen LogP) is 2.53. The Labute approximate surface area is 111 Å². The van der Waals surface area contributed by atoms with E-state index in [1.807, 2.05) is 0 Å². The van der Waals surface area contributed by atoms with Crippen molar-refractivity contribution < 1.29 is 19.4 Å². The summed E-state index contributed by atoms with van der Waals surface area (Å²) in [6.45, 7) is 5.24. The van der Waals surface area contributed by atoms with Crippen LogP contribution in [0.25, 0.3) is 6.08 Å². The Hall–Kier alpha value is -2.37. The third kappa shape index (κ3) is 5.67. The lowest BCUT2D eigenvalue weighted by atomic mass is 10.2. The van der Waals surface area contributed by atoms with Gasteiger partial charge in [-0.05, 0) is 39.0 Å². The summed E-state index contributed by atoms with van der Waals surface area (Å²) in [6, 6.07) is 3.28. The molecule has 2 N–H and O–H groups in total. The number of nitrogens with one attached hydrogen (secondary N) is 1. The first-order valence-electron chi connectivity index (χ1n) is 5.64. The van der Waals surface area contributed by atoms with Crippen molar-refractivity contribution in [1.82, 2.24) is 4.98 Å². The quantitative estimate of drug-likeness (QED) is 0.819. The number of carboxylic acids is 1. The zero-order valence-corrected chi connectivity index (χ0v) is 11.0. The number of nitrogens with zero attached hydrogens (tertiary/aromatic N) is 1. The molecule has 1 rings (SSSR count). The number of hydrogen-bond acceptors (Lipinski definition) is 4. The molecule has 0 spiro atoms. The molecule has 102 valence electrons. The van der Waals surface area contributed by atoms with Gasteiger partial charge >= 0.3 is 12.1 Å². The van der Waals surface area contributed by atoms with Crippen LogP contribution in [0.3, 0.4) is 0 Å². The van der Waals surface area contributed by atoms with Gasteiger partial charge in [-0.3, -0.25) is 5.32 Å². The normalized spacial score (nSPS) is 11.3. The minimum Gasteiger partial charge on any atom is -0.478 e. The molecule has 0 saturated carbocycles. The van der Waals surface area contributed by atoms with Gasteiger partial charge in [-0.15, -0.1) is 0 Å². The standard InChI is InChI=1S/C13H16N2O4/c1-13(2,3)19-12(18)15-11-9(5-4-8-14-11)6-7-10(16)17/h4-8H,1-3H3,(H,16,17)(H,14,15,18)/b7-6+. The minimum absolute atomic E-state index is 0.245. The molecule has 0 saturated heterocycles. The van der Waals surface area contributed by atoms with E-state index >= 15 is 0 Å². The Morgan fingerprint density at radius 3 is 2.68 bits per heavy atom. The Bertz CT molecular complexity index is 504. The molecule has 0 aliphatic carbocycles. The van der Waals surface area contributed by atoms with E-state index in [1.165, 1.54) is 12.3 Å². The summed E-state index contributed by atoms with van der Waals surface area (Å²) in [5.74, 6) is -0.832. The highest BCUT2D eigenvalue weighted by molar-refractivity contribution is 5.90. The summed E-state index contributed by atoms with van der Waals surface area (Å²) in [7, 11) is 0. The van der Waals surface area contributed by atoms with E-state index in [0.29, 0.717) is 5.56 Å². The maximum atomic E-state index is 11.6. The molecule has 1 aromatic rings. The maximum Gasteiger partial charge on any atom is 0.413 e. The van der Waals surface area contributed by atoms with Crippen LogP contribution in [0.4, 0.5) is 10.6 Å². The van der Waals surface area contributed by atoms with Crippen LogP contribution in [0.1, 0.15) is 26.3 Å². The van der Waals surface area contributed by atoms with Gasteiger partial charge in [0.25, 0.3) is 0 Å². The number of aliphatic carboxylic acids is 1. The number of rotatable bonds is 3. The average Bonchev–Trinajstić information content (AvgIpc) is 2.25. The van der Waals surface area contributed by atoms with Crippen LogP contribution >= 0.6 is 0 Å². The van der Waals surface area contributed by atoms with E-state index in [1.54, 1.807) is 32.9 Å². The fourth-order valence-corrected chi connectivity index (χ4v) is 1.22. The summed E-state index contributed by atoms with van der Waals surface area (Å²) < 4.78 is 5.09. The number of carbonyl (C=O) groups is 2. The maximum absolute atomic E-state index is 11.6.